The van der Waals surface area contributed by atoms with Crippen LogP contribution in [0.25, 0.3) is 0 Å². The molecule has 0 spiro atoms. The highest BCUT2D eigenvalue weighted by Crippen LogP contribution is 2.28. The van der Waals surface area contributed by atoms with Gasteiger partial charge in [-0.1, -0.05) is 13.8 Å². The molecule has 0 aromatic heterocycles. The second-order valence-corrected chi connectivity index (χ2v) is 3.41. The third kappa shape index (κ3) is 2.45. The summed E-state index contributed by atoms with van der Waals surface area (Å²) in [6.07, 6.45) is -5.23. The molecule has 1 amide bonds. The lowest BCUT2D eigenvalue weighted by Gasteiger charge is -2.37. The Morgan fingerprint density at radius 3 is 1.75 bits per heavy atom. The molecule has 0 aromatic carbocycles. The summed E-state index contributed by atoms with van der Waals surface area (Å²) in [5, 5.41) is 8.95. The van der Waals surface area contributed by atoms with Gasteiger partial charge in [-0.05, 0) is 12.8 Å². The number of hydrogen-bond donors (Lipinski definition) is 1. The van der Waals surface area contributed by atoms with Gasteiger partial charge >= 0.3 is 18.1 Å². The van der Waals surface area contributed by atoms with Gasteiger partial charge in [0, 0.05) is 7.05 Å². The molecule has 0 atom stereocenters. The third-order valence-corrected chi connectivity index (χ3v) is 2.76. The van der Waals surface area contributed by atoms with Crippen molar-refractivity contribution < 1.29 is 27.9 Å². The molecule has 4 nitrogen and oxygen atoms in total. The summed E-state index contributed by atoms with van der Waals surface area (Å²) in [6.45, 7) is 2.86. The molecule has 0 aliphatic carbocycles. The maximum Gasteiger partial charge on any atom is 0.471 e. The zero-order valence-corrected chi connectivity index (χ0v) is 9.26. The summed E-state index contributed by atoms with van der Waals surface area (Å²) in [5.41, 5.74) is -1.80. The first kappa shape index (κ1) is 14.7. The number of nitrogens with zero attached hydrogens (tertiary/aromatic N) is 1. The fourth-order valence-electron chi connectivity index (χ4n) is 1.55. The Morgan fingerprint density at radius 2 is 1.56 bits per heavy atom. The van der Waals surface area contributed by atoms with E-state index in [-0.39, 0.29) is 17.7 Å². The van der Waals surface area contributed by atoms with E-state index in [1.54, 1.807) is 0 Å². The number of rotatable bonds is 4. The monoisotopic (exact) mass is 241 g/mol. The Kier molecular flexibility index (Phi) is 4.34. The van der Waals surface area contributed by atoms with Gasteiger partial charge < -0.3 is 10.0 Å². The second kappa shape index (κ2) is 4.71. The topological polar surface area (TPSA) is 57.6 Å². The normalized spacial score (nSPS) is 12.4. The predicted octanol–water partition coefficient (Wildman–Crippen LogP) is 1.65. The van der Waals surface area contributed by atoms with E-state index in [2.05, 4.69) is 0 Å². The van der Waals surface area contributed by atoms with Crippen molar-refractivity contribution in [2.75, 3.05) is 7.05 Å². The maximum atomic E-state index is 12.2. The van der Waals surface area contributed by atoms with E-state index in [9.17, 15) is 22.8 Å². The van der Waals surface area contributed by atoms with E-state index in [1.165, 1.54) is 13.8 Å². The molecular formula is C9H14F3NO3. The molecule has 0 radical (unpaired) electrons. The van der Waals surface area contributed by atoms with Crippen molar-refractivity contribution in [1.29, 1.82) is 0 Å². The van der Waals surface area contributed by atoms with Gasteiger partial charge in [0.1, 0.15) is 5.54 Å². The van der Waals surface area contributed by atoms with E-state index in [0.717, 1.165) is 7.05 Å². The fourth-order valence-corrected chi connectivity index (χ4v) is 1.55. The van der Waals surface area contributed by atoms with Crippen LogP contribution in [0.5, 0.6) is 0 Å². The van der Waals surface area contributed by atoms with Gasteiger partial charge in [0.2, 0.25) is 0 Å². The molecule has 0 aliphatic heterocycles. The average molecular weight is 241 g/mol. The lowest BCUT2D eigenvalue weighted by atomic mass is 9.91. The fraction of sp³-hybridized carbons (Fsp3) is 0.778. The van der Waals surface area contributed by atoms with Crippen LogP contribution in [0.2, 0.25) is 0 Å². The summed E-state index contributed by atoms with van der Waals surface area (Å²) in [4.78, 5) is 22.2. The number of carbonyl (C=O) groups is 2. The van der Waals surface area contributed by atoms with Crippen molar-refractivity contribution in [3.63, 3.8) is 0 Å². The molecule has 0 saturated heterocycles. The van der Waals surface area contributed by atoms with Gasteiger partial charge in [0.25, 0.3) is 0 Å². The van der Waals surface area contributed by atoms with Crippen LogP contribution in [0.1, 0.15) is 26.7 Å². The first-order chi connectivity index (χ1) is 7.13. The summed E-state index contributed by atoms with van der Waals surface area (Å²) in [7, 11) is 0.858. The van der Waals surface area contributed by atoms with Crippen molar-refractivity contribution in [2.24, 2.45) is 0 Å². The molecule has 0 aromatic rings. The predicted molar refractivity (Wildman–Crippen MR) is 49.8 cm³/mol. The van der Waals surface area contributed by atoms with Gasteiger partial charge in [0.05, 0.1) is 0 Å². The summed E-state index contributed by atoms with van der Waals surface area (Å²) < 4.78 is 36.5. The number of hydrogen-bond acceptors (Lipinski definition) is 2. The Hall–Kier alpha value is -1.27. The van der Waals surface area contributed by atoms with Crippen LogP contribution in [-0.4, -0.2) is 40.6 Å². The average Bonchev–Trinajstić information content (AvgIpc) is 2.17. The van der Waals surface area contributed by atoms with Crippen LogP contribution < -0.4 is 0 Å². The Balaban J connectivity index is 5.26. The maximum absolute atomic E-state index is 12.2. The number of aliphatic carboxylic acids is 1. The van der Waals surface area contributed by atoms with E-state index < -0.39 is 23.6 Å². The van der Waals surface area contributed by atoms with Crippen LogP contribution in [0, 0.1) is 0 Å². The Morgan fingerprint density at radius 1 is 1.19 bits per heavy atom. The molecule has 0 heterocycles. The molecule has 0 rings (SSSR count). The van der Waals surface area contributed by atoms with Gasteiger partial charge in [-0.15, -0.1) is 0 Å². The minimum Gasteiger partial charge on any atom is -0.479 e. The molecule has 7 heteroatoms. The summed E-state index contributed by atoms with van der Waals surface area (Å²) in [5.74, 6) is -3.57. The molecule has 16 heavy (non-hydrogen) atoms. The van der Waals surface area contributed by atoms with Crippen LogP contribution >= 0.6 is 0 Å². The highest BCUT2D eigenvalue weighted by molar-refractivity contribution is 5.89. The highest BCUT2D eigenvalue weighted by Gasteiger charge is 2.50. The van der Waals surface area contributed by atoms with E-state index in [0.29, 0.717) is 0 Å². The number of likely N-dealkylation sites (N-methyl/N-ethyl adjacent to an activating group) is 1. The molecule has 94 valence electrons. The molecule has 1 N–H and O–H groups in total. The van der Waals surface area contributed by atoms with Crippen molar-refractivity contribution in [3.8, 4) is 0 Å². The second-order valence-electron chi connectivity index (χ2n) is 3.41. The van der Waals surface area contributed by atoms with Crippen LogP contribution in [-0.2, 0) is 9.59 Å². The van der Waals surface area contributed by atoms with Crippen molar-refractivity contribution >= 4 is 11.9 Å². The molecule has 0 unspecified atom stereocenters. The number of carboxylic acid groups (broad SMARTS) is 1. The van der Waals surface area contributed by atoms with Crippen LogP contribution in [0.3, 0.4) is 0 Å². The number of carboxylic acids is 1. The Bertz CT molecular complexity index is 284. The lowest BCUT2D eigenvalue weighted by Crippen LogP contribution is -2.57. The largest absolute Gasteiger partial charge is 0.479 e. The van der Waals surface area contributed by atoms with E-state index >= 15 is 0 Å². The number of carbonyl (C=O) groups excluding carboxylic acids is 1. The minimum atomic E-state index is -5.06. The van der Waals surface area contributed by atoms with Gasteiger partial charge in [0.15, 0.2) is 0 Å². The smallest absolute Gasteiger partial charge is 0.471 e. The first-order valence-corrected chi connectivity index (χ1v) is 4.71. The van der Waals surface area contributed by atoms with Gasteiger partial charge in [-0.3, -0.25) is 4.79 Å². The lowest BCUT2D eigenvalue weighted by molar-refractivity contribution is -0.193. The van der Waals surface area contributed by atoms with Crippen molar-refractivity contribution in [3.05, 3.63) is 0 Å². The van der Waals surface area contributed by atoms with Crippen LogP contribution in [0.4, 0.5) is 13.2 Å². The number of amides is 1. The zero-order valence-electron chi connectivity index (χ0n) is 9.26. The molecule has 0 bridgehead atoms. The van der Waals surface area contributed by atoms with E-state index in [1.807, 2.05) is 0 Å². The highest BCUT2D eigenvalue weighted by atomic mass is 19.4. The van der Waals surface area contributed by atoms with Crippen molar-refractivity contribution in [1.82, 2.24) is 4.90 Å². The Labute approximate surface area is 91.0 Å². The molecule has 0 aliphatic rings. The molecule has 0 saturated carbocycles. The summed E-state index contributed by atoms with van der Waals surface area (Å²) >= 11 is 0. The van der Waals surface area contributed by atoms with Crippen LogP contribution in [0.15, 0.2) is 0 Å². The summed E-state index contributed by atoms with van der Waals surface area (Å²) in [6, 6.07) is 0. The minimum absolute atomic E-state index is 0.0862. The van der Waals surface area contributed by atoms with Gasteiger partial charge in [-0.25, -0.2) is 4.79 Å². The number of alkyl halides is 3. The quantitative estimate of drug-likeness (QED) is 0.814. The van der Waals surface area contributed by atoms with Gasteiger partial charge in [-0.2, -0.15) is 13.2 Å². The molecular weight excluding hydrogens is 227 g/mol. The van der Waals surface area contributed by atoms with Crippen molar-refractivity contribution in [2.45, 2.75) is 38.4 Å². The molecule has 0 fully saturated rings. The SMILES string of the molecule is CCC(CC)(C(=O)O)N(C)C(=O)C(F)(F)F. The first-order valence-electron chi connectivity index (χ1n) is 4.71. The number of halogens is 3. The van der Waals surface area contributed by atoms with E-state index in [4.69, 9.17) is 5.11 Å². The zero-order chi connectivity index (χ0) is 13.1. The third-order valence-electron chi connectivity index (χ3n) is 2.76. The standard InChI is InChI=1S/C9H14F3NO3/c1-4-8(5-2,7(15)16)13(3)6(14)9(10,11)12/h4-5H2,1-3H3,(H,15,16).